The summed E-state index contributed by atoms with van der Waals surface area (Å²) >= 11 is 0. The third-order valence-electron chi connectivity index (χ3n) is 4.97. The molecule has 2 fully saturated rings. The highest BCUT2D eigenvalue weighted by Gasteiger charge is 2.42. The fraction of sp³-hybridized carbons (Fsp3) is 0.588. The molecule has 22 heavy (non-hydrogen) atoms. The first kappa shape index (κ1) is 17.1. The van der Waals surface area contributed by atoms with Crippen molar-refractivity contribution >= 4 is 18.3 Å². The number of amides is 1. The second kappa shape index (κ2) is 7.34. The Morgan fingerprint density at radius 1 is 1.32 bits per heavy atom. The summed E-state index contributed by atoms with van der Waals surface area (Å²) in [6.07, 6.45) is 3.18. The van der Waals surface area contributed by atoms with Crippen LogP contribution in [0.1, 0.15) is 25.3 Å². The van der Waals surface area contributed by atoms with Crippen LogP contribution in [0.5, 0.6) is 5.75 Å². The summed E-state index contributed by atoms with van der Waals surface area (Å²) in [6.45, 7) is 3.89. The maximum Gasteiger partial charge on any atom is 0.260 e. The van der Waals surface area contributed by atoms with E-state index in [2.05, 4.69) is 6.92 Å². The second-order valence-corrected chi connectivity index (χ2v) is 6.21. The minimum atomic E-state index is 0. The van der Waals surface area contributed by atoms with Crippen molar-refractivity contribution in [1.29, 1.82) is 0 Å². The maximum absolute atomic E-state index is 12.3. The Balaban J connectivity index is 0.00000176. The average molecular weight is 325 g/mol. The van der Waals surface area contributed by atoms with Crippen molar-refractivity contribution in [2.75, 3.05) is 19.7 Å². The summed E-state index contributed by atoms with van der Waals surface area (Å²) in [5, 5.41) is 0. The summed E-state index contributed by atoms with van der Waals surface area (Å²) in [5.41, 5.74) is 7.26. The average Bonchev–Trinajstić information content (AvgIpc) is 3.07. The van der Waals surface area contributed by atoms with Crippen molar-refractivity contribution < 1.29 is 9.53 Å². The highest BCUT2D eigenvalue weighted by atomic mass is 35.5. The quantitative estimate of drug-likeness (QED) is 0.924. The van der Waals surface area contributed by atoms with Crippen LogP contribution in [0.3, 0.4) is 0 Å². The Kier molecular flexibility index (Phi) is 5.70. The molecule has 1 aromatic carbocycles. The number of ether oxygens (including phenoxy) is 1. The van der Waals surface area contributed by atoms with E-state index in [1.54, 1.807) is 0 Å². The van der Waals surface area contributed by atoms with Gasteiger partial charge in [0.05, 0.1) is 0 Å². The minimum Gasteiger partial charge on any atom is -0.483 e. The van der Waals surface area contributed by atoms with Crippen molar-refractivity contribution in [2.45, 2.75) is 32.2 Å². The van der Waals surface area contributed by atoms with Crippen LogP contribution in [0, 0.1) is 11.8 Å². The van der Waals surface area contributed by atoms with E-state index in [-0.39, 0.29) is 31.0 Å². The number of hydrogen-bond acceptors (Lipinski definition) is 3. The smallest absolute Gasteiger partial charge is 0.260 e. The molecule has 0 aromatic heterocycles. The third-order valence-corrected chi connectivity index (χ3v) is 4.97. The fourth-order valence-corrected chi connectivity index (χ4v) is 3.68. The SMILES string of the molecule is CCc1ccccc1OCC(=O)N1CC2CCC(N)C2C1.Cl. The summed E-state index contributed by atoms with van der Waals surface area (Å²) in [7, 11) is 0. The highest BCUT2D eigenvalue weighted by Crippen LogP contribution is 2.37. The van der Waals surface area contributed by atoms with Crippen LogP contribution in [0.25, 0.3) is 0 Å². The first-order valence-corrected chi connectivity index (χ1v) is 7.93. The van der Waals surface area contributed by atoms with E-state index in [0.29, 0.717) is 11.8 Å². The Bertz CT molecular complexity index is 523. The molecular weight excluding hydrogens is 300 g/mol. The fourth-order valence-electron chi connectivity index (χ4n) is 3.68. The second-order valence-electron chi connectivity index (χ2n) is 6.21. The predicted molar refractivity (Wildman–Crippen MR) is 89.3 cm³/mol. The van der Waals surface area contributed by atoms with Crippen LogP contribution in [-0.2, 0) is 11.2 Å². The molecule has 1 saturated carbocycles. The highest BCUT2D eigenvalue weighted by molar-refractivity contribution is 5.85. The molecule has 1 saturated heterocycles. The topological polar surface area (TPSA) is 55.6 Å². The minimum absolute atomic E-state index is 0. The Morgan fingerprint density at radius 2 is 2.09 bits per heavy atom. The van der Waals surface area contributed by atoms with E-state index in [0.717, 1.165) is 43.7 Å². The number of fused-ring (bicyclic) bond motifs is 1. The molecule has 122 valence electrons. The van der Waals surface area contributed by atoms with Gasteiger partial charge in [0.15, 0.2) is 6.61 Å². The molecule has 1 aliphatic carbocycles. The van der Waals surface area contributed by atoms with Gasteiger partial charge in [0.1, 0.15) is 5.75 Å². The number of aryl methyl sites for hydroxylation is 1. The number of carbonyl (C=O) groups is 1. The molecule has 5 heteroatoms. The largest absolute Gasteiger partial charge is 0.483 e. The molecule has 3 unspecified atom stereocenters. The van der Waals surface area contributed by atoms with Crippen molar-refractivity contribution in [3.8, 4) is 5.75 Å². The van der Waals surface area contributed by atoms with Gasteiger partial charge in [-0.2, -0.15) is 0 Å². The van der Waals surface area contributed by atoms with Gasteiger partial charge in [-0.25, -0.2) is 0 Å². The number of benzene rings is 1. The van der Waals surface area contributed by atoms with Crippen molar-refractivity contribution in [1.82, 2.24) is 4.90 Å². The number of rotatable bonds is 4. The van der Waals surface area contributed by atoms with Gasteiger partial charge in [0.2, 0.25) is 0 Å². The summed E-state index contributed by atoms with van der Waals surface area (Å²) in [6, 6.07) is 8.18. The van der Waals surface area contributed by atoms with E-state index in [4.69, 9.17) is 10.5 Å². The van der Waals surface area contributed by atoms with Crippen LogP contribution < -0.4 is 10.5 Å². The molecule has 3 atom stereocenters. The molecule has 1 aliphatic heterocycles. The van der Waals surface area contributed by atoms with Crippen LogP contribution >= 0.6 is 12.4 Å². The molecule has 2 aliphatic rings. The van der Waals surface area contributed by atoms with E-state index >= 15 is 0 Å². The van der Waals surface area contributed by atoms with E-state index in [1.807, 2.05) is 29.2 Å². The normalized spacial score (nSPS) is 26.5. The van der Waals surface area contributed by atoms with Gasteiger partial charge in [-0.1, -0.05) is 25.1 Å². The molecule has 1 aromatic rings. The lowest BCUT2D eigenvalue weighted by Gasteiger charge is -2.19. The van der Waals surface area contributed by atoms with Crippen LogP contribution in [-0.4, -0.2) is 36.5 Å². The monoisotopic (exact) mass is 324 g/mol. The van der Waals surface area contributed by atoms with Crippen molar-refractivity contribution in [2.24, 2.45) is 17.6 Å². The Morgan fingerprint density at radius 3 is 2.82 bits per heavy atom. The standard InChI is InChI=1S/C17H24N2O2.ClH/c1-2-12-5-3-4-6-16(12)21-11-17(20)19-9-13-7-8-15(18)14(13)10-19;/h3-6,13-15H,2,7-11,18H2,1H3;1H. The lowest BCUT2D eigenvalue weighted by molar-refractivity contribution is -0.132. The maximum atomic E-state index is 12.3. The third kappa shape index (κ3) is 3.39. The predicted octanol–water partition coefficient (Wildman–Crippen LogP) is 2.25. The molecule has 0 spiro atoms. The van der Waals surface area contributed by atoms with Crippen LogP contribution in [0.15, 0.2) is 24.3 Å². The first-order valence-electron chi connectivity index (χ1n) is 7.93. The number of nitrogens with two attached hydrogens (primary N) is 1. The number of halogens is 1. The van der Waals surface area contributed by atoms with Crippen molar-refractivity contribution in [3.05, 3.63) is 29.8 Å². The molecule has 4 nitrogen and oxygen atoms in total. The van der Waals surface area contributed by atoms with Gasteiger partial charge >= 0.3 is 0 Å². The molecule has 1 amide bonds. The van der Waals surface area contributed by atoms with Gasteiger partial charge in [0.25, 0.3) is 5.91 Å². The van der Waals surface area contributed by atoms with Crippen molar-refractivity contribution in [3.63, 3.8) is 0 Å². The molecular formula is C17H25ClN2O2. The Hall–Kier alpha value is -1.26. The van der Waals surface area contributed by atoms with E-state index in [1.165, 1.54) is 0 Å². The van der Waals surface area contributed by atoms with E-state index in [9.17, 15) is 4.79 Å². The zero-order valence-electron chi connectivity index (χ0n) is 13.0. The van der Waals surface area contributed by atoms with Gasteiger partial charge < -0.3 is 15.4 Å². The van der Waals surface area contributed by atoms with Crippen LogP contribution in [0.2, 0.25) is 0 Å². The molecule has 2 N–H and O–H groups in total. The van der Waals surface area contributed by atoms with E-state index < -0.39 is 0 Å². The number of nitrogens with zero attached hydrogens (tertiary/aromatic N) is 1. The van der Waals surface area contributed by atoms with Gasteiger partial charge in [-0.05, 0) is 42.7 Å². The number of carbonyl (C=O) groups excluding carboxylic acids is 1. The molecule has 1 heterocycles. The molecule has 0 bridgehead atoms. The zero-order valence-corrected chi connectivity index (χ0v) is 13.8. The summed E-state index contributed by atoms with van der Waals surface area (Å²) < 4.78 is 5.73. The number of likely N-dealkylation sites (tertiary alicyclic amines) is 1. The Labute approximate surface area is 138 Å². The lowest BCUT2D eigenvalue weighted by Crippen LogP contribution is -2.36. The van der Waals surface area contributed by atoms with Crippen LogP contribution in [0.4, 0.5) is 0 Å². The first-order chi connectivity index (χ1) is 10.2. The summed E-state index contributed by atoms with van der Waals surface area (Å²) in [4.78, 5) is 14.2. The number of hydrogen-bond donors (Lipinski definition) is 1. The summed E-state index contributed by atoms with van der Waals surface area (Å²) in [5.74, 6) is 2.01. The molecule has 3 rings (SSSR count). The molecule has 0 radical (unpaired) electrons. The van der Waals surface area contributed by atoms with Gasteiger partial charge in [0, 0.05) is 19.1 Å². The van der Waals surface area contributed by atoms with Gasteiger partial charge in [-0.15, -0.1) is 12.4 Å². The number of para-hydroxylation sites is 1. The zero-order chi connectivity index (χ0) is 14.8. The van der Waals surface area contributed by atoms with Gasteiger partial charge in [-0.3, -0.25) is 4.79 Å². The lowest BCUT2D eigenvalue weighted by atomic mass is 9.98.